The Kier molecular flexibility index (Phi) is 5.48. The molecule has 0 bridgehead atoms. The standard InChI is InChI=1S/C22H21FN2O2S/c23-19-7-3-2-6-17(19)15-25-21(26)20(28-22(25)27)14-16-8-10-18(11-9-16)24-12-4-1-5-13-24/h2-3,6-11,14H,1,4-5,12-13,15H2/b20-14-. The minimum absolute atomic E-state index is 0.0530. The van der Waals surface area contributed by atoms with Crippen LogP contribution < -0.4 is 4.90 Å². The number of hydrogen-bond donors (Lipinski definition) is 0. The van der Waals surface area contributed by atoms with E-state index in [1.54, 1.807) is 24.3 Å². The van der Waals surface area contributed by atoms with Crippen molar-refractivity contribution in [2.45, 2.75) is 25.8 Å². The fourth-order valence-electron chi connectivity index (χ4n) is 3.52. The number of thioether (sulfide) groups is 1. The van der Waals surface area contributed by atoms with Crippen molar-refractivity contribution in [3.8, 4) is 0 Å². The molecule has 6 heteroatoms. The summed E-state index contributed by atoms with van der Waals surface area (Å²) in [6.45, 7) is 2.10. The molecule has 2 fully saturated rings. The van der Waals surface area contributed by atoms with Gasteiger partial charge in [-0.3, -0.25) is 14.5 Å². The highest BCUT2D eigenvalue weighted by Gasteiger charge is 2.35. The van der Waals surface area contributed by atoms with Crippen molar-refractivity contribution < 1.29 is 14.0 Å². The zero-order valence-corrected chi connectivity index (χ0v) is 16.3. The summed E-state index contributed by atoms with van der Waals surface area (Å²) in [6, 6.07) is 14.2. The van der Waals surface area contributed by atoms with Crippen LogP contribution in [0.3, 0.4) is 0 Å². The Balaban J connectivity index is 1.48. The molecular formula is C22H21FN2O2S. The molecule has 28 heavy (non-hydrogen) atoms. The van der Waals surface area contributed by atoms with E-state index in [1.165, 1.54) is 31.0 Å². The summed E-state index contributed by atoms with van der Waals surface area (Å²) in [5.74, 6) is -0.794. The summed E-state index contributed by atoms with van der Waals surface area (Å²) < 4.78 is 13.9. The molecule has 0 atom stereocenters. The van der Waals surface area contributed by atoms with Gasteiger partial charge in [0, 0.05) is 24.3 Å². The Labute approximate surface area is 168 Å². The van der Waals surface area contributed by atoms with Crippen LogP contribution in [0.15, 0.2) is 53.4 Å². The summed E-state index contributed by atoms with van der Waals surface area (Å²) >= 11 is 0.900. The Morgan fingerprint density at radius 3 is 2.39 bits per heavy atom. The van der Waals surface area contributed by atoms with E-state index in [0.717, 1.165) is 35.3 Å². The Morgan fingerprint density at radius 2 is 1.68 bits per heavy atom. The first kappa shape index (κ1) is 18.7. The minimum Gasteiger partial charge on any atom is -0.372 e. The van der Waals surface area contributed by atoms with Gasteiger partial charge in [-0.2, -0.15) is 0 Å². The van der Waals surface area contributed by atoms with Crippen LogP contribution in [-0.4, -0.2) is 29.1 Å². The van der Waals surface area contributed by atoms with Gasteiger partial charge < -0.3 is 4.90 Å². The summed E-state index contributed by atoms with van der Waals surface area (Å²) in [5, 5.41) is -0.371. The van der Waals surface area contributed by atoms with Crippen LogP contribution in [-0.2, 0) is 11.3 Å². The lowest BCUT2D eigenvalue weighted by Gasteiger charge is -2.28. The Morgan fingerprint density at radius 1 is 0.964 bits per heavy atom. The molecule has 4 rings (SSSR count). The maximum atomic E-state index is 13.9. The molecule has 2 saturated heterocycles. The number of imide groups is 1. The van der Waals surface area contributed by atoms with Gasteiger partial charge in [-0.1, -0.05) is 30.3 Å². The summed E-state index contributed by atoms with van der Waals surface area (Å²) in [4.78, 5) is 28.7. The molecule has 0 aliphatic carbocycles. The van der Waals surface area contributed by atoms with E-state index in [-0.39, 0.29) is 17.7 Å². The van der Waals surface area contributed by atoms with E-state index in [1.807, 2.05) is 12.1 Å². The molecule has 0 aromatic heterocycles. The maximum absolute atomic E-state index is 13.9. The second-order valence-electron chi connectivity index (χ2n) is 7.00. The first-order valence-electron chi connectivity index (χ1n) is 9.45. The predicted molar refractivity (Wildman–Crippen MR) is 110 cm³/mol. The van der Waals surface area contributed by atoms with E-state index < -0.39 is 5.82 Å². The second-order valence-corrected chi connectivity index (χ2v) is 7.99. The number of carbonyl (C=O) groups is 2. The highest BCUT2D eigenvalue weighted by atomic mass is 32.2. The topological polar surface area (TPSA) is 40.6 Å². The quantitative estimate of drug-likeness (QED) is 0.678. The van der Waals surface area contributed by atoms with Crippen LogP contribution in [0, 0.1) is 5.82 Å². The first-order chi connectivity index (χ1) is 13.6. The van der Waals surface area contributed by atoms with Gasteiger partial charge in [0.05, 0.1) is 11.4 Å². The van der Waals surface area contributed by atoms with E-state index in [9.17, 15) is 14.0 Å². The van der Waals surface area contributed by atoms with Crippen molar-refractivity contribution in [2.75, 3.05) is 18.0 Å². The molecule has 4 nitrogen and oxygen atoms in total. The lowest BCUT2D eigenvalue weighted by molar-refractivity contribution is -0.123. The molecule has 0 spiro atoms. The molecule has 2 aromatic carbocycles. The number of hydrogen-bond acceptors (Lipinski definition) is 4. The van der Waals surface area contributed by atoms with Crippen molar-refractivity contribution in [1.82, 2.24) is 4.90 Å². The number of anilines is 1. The molecule has 2 amide bonds. The summed E-state index contributed by atoms with van der Waals surface area (Å²) in [7, 11) is 0. The lowest BCUT2D eigenvalue weighted by Crippen LogP contribution is -2.29. The van der Waals surface area contributed by atoms with Crippen molar-refractivity contribution in [1.29, 1.82) is 0 Å². The average Bonchev–Trinajstić information content (AvgIpc) is 2.98. The molecule has 2 heterocycles. The third kappa shape index (κ3) is 3.97. The van der Waals surface area contributed by atoms with Crippen molar-refractivity contribution in [3.63, 3.8) is 0 Å². The van der Waals surface area contributed by atoms with Crippen LogP contribution in [0.25, 0.3) is 6.08 Å². The van der Waals surface area contributed by atoms with Crippen LogP contribution in [0.1, 0.15) is 30.4 Å². The number of amides is 2. The zero-order valence-electron chi connectivity index (χ0n) is 15.4. The molecule has 2 aliphatic rings. The monoisotopic (exact) mass is 396 g/mol. The Bertz CT molecular complexity index is 920. The SMILES string of the molecule is O=C1S/C(=C\c2ccc(N3CCCCC3)cc2)C(=O)N1Cc1ccccc1F. The van der Waals surface area contributed by atoms with E-state index in [0.29, 0.717) is 10.5 Å². The van der Waals surface area contributed by atoms with Crippen molar-refractivity contribution >= 4 is 34.7 Å². The number of benzene rings is 2. The molecule has 0 radical (unpaired) electrons. The van der Waals surface area contributed by atoms with Crippen molar-refractivity contribution in [2.24, 2.45) is 0 Å². The fraction of sp³-hybridized carbons (Fsp3) is 0.273. The van der Waals surface area contributed by atoms with Gasteiger partial charge in [0.2, 0.25) is 0 Å². The van der Waals surface area contributed by atoms with Gasteiger partial charge in [0.25, 0.3) is 11.1 Å². The molecule has 144 valence electrons. The van der Waals surface area contributed by atoms with Gasteiger partial charge in [-0.15, -0.1) is 0 Å². The normalized spacial score (nSPS) is 19.0. The van der Waals surface area contributed by atoms with Crippen molar-refractivity contribution in [3.05, 3.63) is 70.4 Å². The van der Waals surface area contributed by atoms with Gasteiger partial charge >= 0.3 is 0 Å². The highest BCUT2D eigenvalue weighted by molar-refractivity contribution is 8.18. The van der Waals surface area contributed by atoms with Crippen LogP contribution in [0.5, 0.6) is 0 Å². The summed E-state index contributed by atoms with van der Waals surface area (Å²) in [5.41, 5.74) is 2.39. The van der Waals surface area contributed by atoms with Crippen LogP contribution in [0.4, 0.5) is 14.9 Å². The zero-order chi connectivity index (χ0) is 19.5. The highest BCUT2D eigenvalue weighted by Crippen LogP contribution is 2.34. The van der Waals surface area contributed by atoms with E-state index in [4.69, 9.17) is 0 Å². The smallest absolute Gasteiger partial charge is 0.293 e. The fourth-order valence-corrected chi connectivity index (χ4v) is 4.36. The Hall–Kier alpha value is -2.60. The molecular weight excluding hydrogens is 375 g/mol. The third-order valence-corrected chi connectivity index (χ3v) is 5.98. The molecule has 0 N–H and O–H groups in total. The second kappa shape index (κ2) is 8.19. The molecule has 2 aromatic rings. The maximum Gasteiger partial charge on any atom is 0.293 e. The van der Waals surface area contributed by atoms with E-state index in [2.05, 4.69) is 17.0 Å². The lowest BCUT2D eigenvalue weighted by atomic mass is 10.1. The number of nitrogens with zero attached hydrogens (tertiary/aromatic N) is 2. The van der Waals surface area contributed by atoms with Gasteiger partial charge in [0.15, 0.2) is 0 Å². The van der Waals surface area contributed by atoms with Crippen LogP contribution >= 0.6 is 11.8 Å². The van der Waals surface area contributed by atoms with E-state index >= 15 is 0 Å². The first-order valence-corrected chi connectivity index (χ1v) is 10.3. The van der Waals surface area contributed by atoms with Crippen LogP contribution in [0.2, 0.25) is 0 Å². The predicted octanol–water partition coefficient (Wildman–Crippen LogP) is 5.05. The van der Waals surface area contributed by atoms with Gasteiger partial charge in [-0.25, -0.2) is 4.39 Å². The third-order valence-electron chi connectivity index (χ3n) is 5.07. The molecule has 0 unspecified atom stereocenters. The summed E-state index contributed by atoms with van der Waals surface area (Å²) in [6.07, 6.45) is 5.46. The number of carbonyl (C=O) groups excluding carboxylic acids is 2. The number of rotatable bonds is 4. The number of halogens is 1. The van der Waals surface area contributed by atoms with Gasteiger partial charge in [0.1, 0.15) is 5.82 Å². The molecule has 0 saturated carbocycles. The minimum atomic E-state index is -0.418. The largest absolute Gasteiger partial charge is 0.372 e. The number of piperidine rings is 1. The molecule has 2 aliphatic heterocycles. The average molecular weight is 396 g/mol. The van der Waals surface area contributed by atoms with Gasteiger partial charge in [-0.05, 0) is 60.9 Å².